The van der Waals surface area contributed by atoms with Gasteiger partial charge in [-0.1, -0.05) is 13.0 Å². The Kier molecular flexibility index (Phi) is 5.48. The molecule has 5 heteroatoms. The smallest absolute Gasteiger partial charge is 0.255 e. The van der Waals surface area contributed by atoms with Crippen molar-refractivity contribution in [2.75, 3.05) is 26.2 Å². The maximum Gasteiger partial charge on any atom is 0.255 e. The molecule has 0 radical (unpaired) electrons. The van der Waals surface area contributed by atoms with Gasteiger partial charge in [0.05, 0.1) is 6.17 Å². The van der Waals surface area contributed by atoms with E-state index in [2.05, 4.69) is 21.9 Å². The fourth-order valence-electron chi connectivity index (χ4n) is 4.84. The third-order valence-electron chi connectivity index (χ3n) is 6.33. The average Bonchev–Trinajstić information content (AvgIpc) is 3.38. The van der Waals surface area contributed by atoms with Crippen molar-refractivity contribution in [2.24, 2.45) is 0 Å². The Labute approximate surface area is 162 Å². The summed E-state index contributed by atoms with van der Waals surface area (Å²) >= 11 is 0. The third kappa shape index (κ3) is 3.75. The first kappa shape index (κ1) is 18.5. The van der Waals surface area contributed by atoms with E-state index < -0.39 is 0 Å². The summed E-state index contributed by atoms with van der Waals surface area (Å²) in [4.78, 5) is 31.9. The van der Waals surface area contributed by atoms with E-state index in [1.165, 1.54) is 24.0 Å². The van der Waals surface area contributed by atoms with Crippen LogP contribution in [0.15, 0.2) is 18.2 Å². The van der Waals surface area contributed by atoms with Crippen LogP contribution in [0.3, 0.4) is 0 Å². The Bertz CT molecular complexity index is 712. The van der Waals surface area contributed by atoms with Crippen LogP contribution in [0, 0.1) is 0 Å². The second-order valence-corrected chi connectivity index (χ2v) is 8.16. The Hall–Kier alpha value is -1.88. The molecule has 146 valence electrons. The lowest BCUT2D eigenvalue weighted by Gasteiger charge is -2.33. The standard InChI is InChI=1S/C22H31N3O2/c1-2-6-21(26)24-14-10-17-15-18(8-9-19(17)16-24)22(27)25-13-5-7-20(25)23-11-3-4-12-23/h8-9,15,20H,2-7,10-14,16H2,1H3. The topological polar surface area (TPSA) is 43.9 Å². The molecule has 0 saturated carbocycles. The number of amides is 2. The summed E-state index contributed by atoms with van der Waals surface area (Å²) in [7, 11) is 0. The van der Waals surface area contributed by atoms with Gasteiger partial charge in [-0.25, -0.2) is 0 Å². The summed E-state index contributed by atoms with van der Waals surface area (Å²) in [6, 6.07) is 6.11. The molecule has 0 spiro atoms. The fourth-order valence-corrected chi connectivity index (χ4v) is 4.84. The molecule has 0 bridgehead atoms. The van der Waals surface area contributed by atoms with Gasteiger partial charge in [0.25, 0.3) is 5.91 Å². The lowest BCUT2D eigenvalue weighted by Crippen LogP contribution is -2.46. The lowest BCUT2D eigenvalue weighted by molar-refractivity contribution is -0.132. The molecule has 2 saturated heterocycles. The number of rotatable bonds is 4. The molecule has 1 atom stereocenters. The van der Waals surface area contributed by atoms with Gasteiger partial charge in [0.1, 0.15) is 0 Å². The Morgan fingerprint density at radius 1 is 1.04 bits per heavy atom. The molecule has 0 aromatic heterocycles. The van der Waals surface area contributed by atoms with Crippen LogP contribution in [0.4, 0.5) is 0 Å². The zero-order chi connectivity index (χ0) is 18.8. The van der Waals surface area contributed by atoms with Gasteiger partial charge in [-0.05, 0) is 61.8 Å². The minimum Gasteiger partial charge on any atom is -0.338 e. The van der Waals surface area contributed by atoms with E-state index in [-0.39, 0.29) is 18.0 Å². The van der Waals surface area contributed by atoms with Gasteiger partial charge in [-0.2, -0.15) is 0 Å². The van der Waals surface area contributed by atoms with Crippen LogP contribution in [0.5, 0.6) is 0 Å². The summed E-state index contributed by atoms with van der Waals surface area (Å²) in [6.07, 6.45) is 7.37. The van der Waals surface area contributed by atoms with Crippen molar-refractivity contribution in [2.45, 2.75) is 64.6 Å². The second kappa shape index (κ2) is 8.01. The molecule has 2 fully saturated rings. The largest absolute Gasteiger partial charge is 0.338 e. The number of hydrogen-bond donors (Lipinski definition) is 0. The molecule has 1 aromatic rings. The van der Waals surface area contributed by atoms with Gasteiger partial charge < -0.3 is 9.80 Å². The minimum absolute atomic E-state index is 0.177. The Morgan fingerprint density at radius 3 is 2.63 bits per heavy atom. The van der Waals surface area contributed by atoms with E-state index >= 15 is 0 Å². The SMILES string of the molecule is CCCC(=O)N1CCc2cc(C(=O)N3CCCC3N3CCCC3)ccc2C1. The van der Waals surface area contributed by atoms with Crippen molar-refractivity contribution in [3.05, 3.63) is 34.9 Å². The molecule has 4 rings (SSSR count). The zero-order valence-electron chi connectivity index (χ0n) is 16.5. The minimum atomic E-state index is 0.177. The zero-order valence-corrected chi connectivity index (χ0v) is 16.5. The van der Waals surface area contributed by atoms with Gasteiger partial charge in [-0.3, -0.25) is 14.5 Å². The van der Waals surface area contributed by atoms with Crippen LogP contribution in [-0.2, 0) is 17.8 Å². The van der Waals surface area contributed by atoms with Crippen LogP contribution in [0.25, 0.3) is 0 Å². The van der Waals surface area contributed by atoms with Gasteiger partial charge >= 0.3 is 0 Å². The summed E-state index contributed by atoms with van der Waals surface area (Å²) in [5, 5.41) is 0. The van der Waals surface area contributed by atoms with Crippen molar-refractivity contribution >= 4 is 11.8 Å². The van der Waals surface area contributed by atoms with Crippen molar-refractivity contribution < 1.29 is 9.59 Å². The normalized spacial score (nSPS) is 22.9. The number of fused-ring (bicyclic) bond motifs is 1. The second-order valence-electron chi connectivity index (χ2n) is 8.16. The van der Waals surface area contributed by atoms with Crippen molar-refractivity contribution in [3.8, 4) is 0 Å². The predicted molar refractivity (Wildman–Crippen MR) is 105 cm³/mol. The molecule has 3 aliphatic rings. The summed E-state index contributed by atoms with van der Waals surface area (Å²) in [6.45, 7) is 6.62. The van der Waals surface area contributed by atoms with Crippen LogP contribution < -0.4 is 0 Å². The van der Waals surface area contributed by atoms with Crippen molar-refractivity contribution in [1.29, 1.82) is 0 Å². The van der Waals surface area contributed by atoms with E-state index in [1.807, 2.05) is 17.9 Å². The first-order valence-corrected chi connectivity index (χ1v) is 10.6. The summed E-state index contributed by atoms with van der Waals surface area (Å²) in [5.74, 6) is 0.422. The number of carbonyl (C=O) groups is 2. The molecular weight excluding hydrogens is 338 g/mol. The van der Waals surface area contributed by atoms with Gasteiger partial charge in [0, 0.05) is 44.7 Å². The van der Waals surface area contributed by atoms with Gasteiger partial charge in [0.15, 0.2) is 0 Å². The number of hydrogen-bond acceptors (Lipinski definition) is 3. The molecule has 1 unspecified atom stereocenters. The first-order valence-electron chi connectivity index (χ1n) is 10.6. The average molecular weight is 370 g/mol. The van der Waals surface area contributed by atoms with Crippen molar-refractivity contribution in [1.82, 2.24) is 14.7 Å². The Balaban J connectivity index is 1.47. The van der Waals surface area contributed by atoms with E-state index in [9.17, 15) is 9.59 Å². The number of likely N-dealkylation sites (tertiary alicyclic amines) is 2. The number of benzene rings is 1. The highest BCUT2D eigenvalue weighted by atomic mass is 16.2. The Morgan fingerprint density at radius 2 is 1.85 bits per heavy atom. The fraction of sp³-hybridized carbons (Fsp3) is 0.636. The van der Waals surface area contributed by atoms with Gasteiger partial charge in [-0.15, -0.1) is 0 Å². The highest BCUT2D eigenvalue weighted by Crippen LogP contribution is 2.27. The van der Waals surface area contributed by atoms with Crippen LogP contribution in [0.2, 0.25) is 0 Å². The highest BCUT2D eigenvalue weighted by molar-refractivity contribution is 5.95. The third-order valence-corrected chi connectivity index (χ3v) is 6.33. The lowest BCUT2D eigenvalue weighted by atomic mass is 9.96. The first-order chi connectivity index (χ1) is 13.2. The van der Waals surface area contributed by atoms with Crippen LogP contribution >= 0.6 is 0 Å². The molecule has 0 N–H and O–H groups in total. The maximum atomic E-state index is 13.2. The monoisotopic (exact) mass is 369 g/mol. The maximum absolute atomic E-state index is 13.2. The number of nitrogens with zero attached hydrogens (tertiary/aromatic N) is 3. The molecule has 3 heterocycles. The molecule has 27 heavy (non-hydrogen) atoms. The van der Waals surface area contributed by atoms with E-state index in [0.717, 1.165) is 57.4 Å². The molecule has 2 amide bonds. The summed E-state index contributed by atoms with van der Waals surface area (Å²) in [5.41, 5.74) is 3.24. The molecule has 1 aromatic carbocycles. The highest BCUT2D eigenvalue weighted by Gasteiger charge is 2.35. The quantitative estimate of drug-likeness (QED) is 0.819. The van der Waals surface area contributed by atoms with E-state index in [0.29, 0.717) is 13.0 Å². The van der Waals surface area contributed by atoms with E-state index in [4.69, 9.17) is 0 Å². The van der Waals surface area contributed by atoms with Crippen LogP contribution in [-0.4, -0.2) is 58.9 Å². The summed E-state index contributed by atoms with van der Waals surface area (Å²) < 4.78 is 0. The molecule has 3 aliphatic heterocycles. The van der Waals surface area contributed by atoms with Crippen LogP contribution in [0.1, 0.15) is 66.9 Å². The molecule has 0 aliphatic carbocycles. The number of carbonyl (C=O) groups excluding carboxylic acids is 2. The predicted octanol–water partition coefficient (Wildman–Crippen LogP) is 3.03. The van der Waals surface area contributed by atoms with Crippen molar-refractivity contribution in [3.63, 3.8) is 0 Å². The van der Waals surface area contributed by atoms with E-state index in [1.54, 1.807) is 0 Å². The molecule has 5 nitrogen and oxygen atoms in total. The van der Waals surface area contributed by atoms with Gasteiger partial charge in [0.2, 0.25) is 5.91 Å². The molecular formula is C22H31N3O2.